The van der Waals surface area contributed by atoms with E-state index in [4.69, 9.17) is 16.2 Å². The second kappa shape index (κ2) is 6.19. The number of aromatic nitrogens is 2. The summed E-state index contributed by atoms with van der Waals surface area (Å²) in [6, 6.07) is 9.59. The van der Waals surface area contributed by atoms with Crippen LogP contribution in [0, 0.1) is 0 Å². The Hall–Kier alpha value is -3.09. The normalized spacial score (nSPS) is 16.3. The van der Waals surface area contributed by atoms with Gasteiger partial charge in [-0.1, -0.05) is 30.3 Å². The van der Waals surface area contributed by atoms with E-state index in [0.717, 1.165) is 5.56 Å². The second-order valence-electron chi connectivity index (χ2n) is 5.46. The lowest BCUT2D eigenvalue weighted by molar-refractivity contribution is -0.138. The number of nitrogen functional groups attached to an aromatic ring is 2. The zero-order valence-electron chi connectivity index (χ0n) is 13.5. The first-order chi connectivity index (χ1) is 11.5. The number of allylic oxidation sites excluding steroid dienone is 1. The van der Waals surface area contributed by atoms with E-state index in [1.807, 2.05) is 30.3 Å². The summed E-state index contributed by atoms with van der Waals surface area (Å²) in [7, 11) is 0. The first-order valence-corrected chi connectivity index (χ1v) is 7.65. The molecule has 0 saturated carbocycles. The maximum absolute atomic E-state index is 12.6. The molecule has 3 rings (SSSR count). The van der Waals surface area contributed by atoms with Gasteiger partial charge in [0.25, 0.3) is 0 Å². The maximum Gasteiger partial charge on any atom is 0.336 e. The van der Waals surface area contributed by atoms with Gasteiger partial charge in [0.15, 0.2) is 0 Å². The minimum Gasteiger partial charge on any atom is -0.463 e. The molecule has 2 heterocycles. The minimum atomic E-state index is -0.415. The number of fused-ring (bicyclic) bond motifs is 1. The highest BCUT2D eigenvalue weighted by Gasteiger charge is 2.36. The molecule has 24 heavy (non-hydrogen) atoms. The summed E-state index contributed by atoms with van der Waals surface area (Å²) in [6.45, 7) is 3.87. The number of benzene rings is 1. The van der Waals surface area contributed by atoms with E-state index in [1.54, 1.807) is 13.8 Å². The molecule has 2 aromatic rings. The number of anilines is 3. The van der Waals surface area contributed by atoms with Gasteiger partial charge in [0.2, 0.25) is 5.95 Å². The summed E-state index contributed by atoms with van der Waals surface area (Å²) in [5.74, 6) is 0.0332. The van der Waals surface area contributed by atoms with Gasteiger partial charge in [0.05, 0.1) is 18.1 Å². The summed E-state index contributed by atoms with van der Waals surface area (Å²) in [5.41, 5.74) is 14.5. The van der Waals surface area contributed by atoms with Crippen molar-refractivity contribution in [2.24, 2.45) is 0 Å². The van der Waals surface area contributed by atoms with Crippen LogP contribution in [0.4, 0.5) is 17.6 Å². The molecule has 1 unspecified atom stereocenters. The molecule has 0 spiro atoms. The third-order valence-electron chi connectivity index (χ3n) is 3.91. The van der Waals surface area contributed by atoms with E-state index < -0.39 is 11.9 Å². The topological polar surface area (TPSA) is 116 Å². The third kappa shape index (κ3) is 2.64. The molecule has 1 aliphatic heterocycles. The second-order valence-corrected chi connectivity index (χ2v) is 5.46. The van der Waals surface area contributed by atoms with E-state index in [0.29, 0.717) is 22.7 Å². The van der Waals surface area contributed by atoms with Gasteiger partial charge in [0, 0.05) is 11.3 Å². The first-order valence-electron chi connectivity index (χ1n) is 7.65. The van der Waals surface area contributed by atoms with Crippen molar-refractivity contribution in [2.75, 3.05) is 23.4 Å². The summed E-state index contributed by atoms with van der Waals surface area (Å²) >= 11 is 0. The van der Waals surface area contributed by atoms with Crippen molar-refractivity contribution in [1.82, 2.24) is 9.97 Å². The molecule has 0 amide bonds. The smallest absolute Gasteiger partial charge is 0.336 e. The Labute approximate surface area is 139 Å². The fourth-order valence-electron chi connectivity index (χ4n) is 2.95. The van der Waals surface area contributed by atoms with Gasteiger partial charge in [-0.25, -0.2) is 4.79 Å². The van der Waals surface area contributed by atoms with Crippen LogP contribution in [0.2, 0.25) is 0 Å². The SMILES string of the molecule is CCOC(=O)C1=C(C)Nc2nc(N)nc(N)c2C1c1ccccc1. The van der Waals surface area contributed by atoms with Gasteiger partial charge < -0.3 is 21.5 Å². The quantitative estimate of drug-likeness (QED) is 0.739. The van der Waals surface area contributed by atoms with Crippen molar-refractivity contribution < 1.29 is 9.53 Å². The molecular weight excluding hydrogens is 306 g/mol. The summed E-state index contributed by atoms with van der Waals surface area (Å²) < 4.78 is 5.24. The number of nitrogens with two attached hydrogens (primary N) is 2. The van der Waals surface area contributed by atoms with E-state index in [-0.39, 0.29) is 18.4 Å². The van der Waals surface area contributed by atoms with Crippen molar-refractivity contribution in [1.29, 1.82) is 0 Å². The van der Waals surface area contributed by atoms with Gasteiger partial charge in [-0.2, -0.15) is 9.97 Å². The van der Waals surface area contributed by atoms with Gasteiger partial charge in [-0.15, -0.1) is 0 Å². The monoisotopic (exact) mass is 325 g/mol. The third-order valence-corrected chi connectivity index (χ3v) is 3.91. The number of hydrogen-bond acceptors (Lipinski definition) is 7. The molecule has 7 heteroatoms. The van der Waals surface area contributed by atoms with E-state index in [1.165, 1.54) is 0 Å². The molecule has 0 fully saturated rings. The number of rotatable bonds is 3. The highest BCUT2D eigenvalue weighted by Crippen LogP contribution is 2.43. The van der Waals surface area contributed by atoms with Crippen molar-refractivity contribution >= 4 is 23.6 Å². The van der Waals surface area contributed by atoms with E-state index in [9.17, 15) is 4.79 Å². The summed E-state index contributed by atoms with van der Waals surface area (Å²) in [6.07, 6.45) is 0. The van der Waals surface area contributed by atoms with Crippen LogP contribution in [-0.4, -0.2) is 22.5 Å². The molecule has 0 bridgehead atoms. The number of hydrogen-bond donors (Lipinski definition) is 3. The van der Waals surface area contributed by atoms with Gasteiger partial charge in [-0.05, 0) is 19.4 Å². The lowest BCUT2D eigenvalue weighted by atomic mass is 9.82. The fraction of sp³-hybridized carbons (Fsp3) is 0.235. The van der Waals surface area contributed by atoms with Crippen LogP contribution >= 0.6 is 0 Å². The number of ether oxygens (including phenoxy) is 1. The number of carbonyl (C=O) groups excluding carboxylic acids is 1. The molecule has 1 aromatic carbocycles. The van der Waals surface area contributed by atoms with E-state index in [2.05, 4.69) is 15.3 Å². The van der Waals surface area contributed by atoms with Crippen LogP contribution in [0.3, 0.4) is 0 Å². The minimum absolute atomic E-state index is 0.0814. The highest BCUT2D eigenvalue weighted by molar-refractivity contribution is 5.95. The predicted molar refractivity (Wildman–Crippen MR) is 92.1 cm³/mol. The standard InChI is InChI=1S/C17H19N5O2/c1-3-24-16(23)11-9(2)20-15-13(14(18)21-17(19)22-15)12(11)10-7-5-4-6-8-10/h4-8,12H,3H2,1-2H3,(H5,18,19,20,21,22). The Balaban J connectivity index is 2.24. The Kier molecular flexibility index (Phi) is 4.07. The van der Waals surface area contributed by atoms with Crippen molar-refractivity contribution in [3.05, 3.63) is 52.7 Å². The molecule has 1 aromatic heterocycles. The van der Waals surface area contributed by atoms with Crippen LogP contribution in [0.1, 0.15) is 30.9 Å². The Morgan fingerprint density at radius 3 is 2.62 bits per heavy atom. The van der Waals surface area contributed by atoms with Gasteiger partial charge in [-0.3, -0.25) is 0 Å². The predicted octanol–water partition coefficient (Wildman–Crippen LogP) is 2.04. The zero-order valence-corrected chi connectivity index (χ0v) is 13.5. The van der Waals surface area contributed by atoms with Crippen LogP contribution in [-0.2, 0) is 9.53 Å². The molecule has 1 atom stereocenters. The molecule has 1 aliphatic rings. The van der Waals surface area contributed by atoms with Crippen LogP contribution in [0.25, 0.3) is 0 Å². The molecule has 124 valence electrons. The van der Waals surface area contributed by atoms with Crippen LogP contribution < -0.4 is 16.8 Å². The van der Waals surface area contributed by atoms with Gasteiger partial charge in [0.1, 0.15) is 11.6 Å². The molecule has 5 N–H and O–H groups in total. The number of carbonyl (C=O) groups is 1. The van der Waals surface area contributed by atoms with Gasteiger partial charge >= 0.3 is 5.97 Å². The lowest BCUT2D eigenvalue weighted by Crippen LogP contribution is -2.26. The maximum atomic E-state index is 12.6. The zero-order chi connectivity index (χ0) is 17.3. The van der Waals surface area contributed by atoms with Crippen molar-refractivity contribution in [3.63, 3.8) is 0 Å². The molecular formula is C17H19N5O2. The molecule has 0 saturated heterocycles. The van der Waals surface area contributed by atoms with E-state index >= 15 is 0 Å². The number of nitrogens with zero attached hydrogens (tertiary/aromatic N) is 2. The average molecular weight is 325 g/mol. The molecule has 0 radical (unpaired) electrons. The Morgan fingerprint density at radius 2 is 1.96 bits per heavy atom. The summed E-state index contributed by atoms with van der Waals surface area (Å²) in [5, 5.41) is 3.10. The molecule has 0 aliphatic carbocycles. The van der Waals surface area contributed by atoms with Crippen LogP contribution in [0.15, 0.2) is 41.6 Å². The highest BCUT2D eigenvalue weighted by atomic mass is 16.5. The lowest BCUT2D eigenvalue weighted by Gasteiger charge is -2.30. The molecule has 7 nitrogen and oxygen atoms in total. The number of nitrogens with one attached hydrogen (secondary N) is 1. The fourth-order valence-corrected chi connectivity index (χ4v) is 2.95. The Morgan fingerprint density at radius 1 is 1.25 bits per heavy atom. The number of esters is 1. The largest absolute Gasteiger partial charge is 0.463 e. The van der Waals surface area contributed by atoms with Crippen molar-refractivity contribution in [2.45, 2.75) is 19.8 Å². The van der Waals surface area contributed by atoms with Crippen molar-refractivity contribution in [3.8, 4) is 0 Å². The van der Waals surface area contributed by atoms with Crippen LogP contribution in [0.5, 0.6) is 0 Å². The first kappa shape index (κ1) is 15.8. The average Bonchev–Trinajstić information content (AvgIpc) is 2.54. The summed E-state index contributed by atoms with van der Waals surface area (Å²) in [4.78, 5) is 20.8. The Bertz CT molecular complexity index is 817.